The van der Waals surface area contributed by atoms with Crippen molar-refractivity contribution in [2.24, 2.45) is 9.98 Å². The highest BCUT2D eigenvalue weighted by atomic mass is 16.4. The number of hydrogen-bond donors (Lipinski definition) is 2. The van der Waals surface area contributed by atoms with Crippen molar-refractivity contribution in [2.75, 3.05) is 0 Å². The van der Waals surface area contributed by atoms with Crippen LogP contribution in [0.4, 0.5) is 0 Å². The summed E-state index contributed by atoms with van der Waals surface area (Å²) in [4.78, 5) is 7.10. The molecule has 0 atom stereocenters. The van der Waals surface area contributed by atoms with Crippen molar-refractivity contribution in [3.05, 3.63) is 11.8 Å². The quantitative estimate of drug-likeness (QED) is 0.442. The van der Waals surface area contributed by atoms with Crippen LogP contribution < -0.4 is 0 Å². The van der Waals surface area contributed by atoms with E-state index in [1.165, 1.54) is 6.20 Å². The highest BCUT2D eigenvalue weighted by molar-refractivity contribution is 6.50. The zero-order valence-electron chi connectivity index (χ0n) is 6.44. The molecule has 0 aliphatic heterocycles. The van der Waals surface area contributed by atoms with Crippen molar-refractivity contribution in [3.8, 4) is 0 Å². The Bertz CT molecular complexity index is 177. The zero-order chi connectivity index (χ0) is 8.69. The van der Waals surface area contributed by atoms with Gasteiger partial charge in [0.25, 0.3) is 0 Å². The first-order valence-corrected chi connectivity index (χ1v) is 3.27. The van der Waals surface area contributed by atoms with E-state index in [9.17, 15) is 0 Å². The Morgan fingerprint density at radius 2 is 2.27 bits per heavy atom. The fraction of sp³-hybridized carbons (Fsp3) is 0.333. The smallest absolute Gasteiger partial charge is 0.422 e. The van der Waals surface area contributed by atoms with E-state index in [1.807, 2.05) is 6.92 Å². The molecule has 0 saturated heterocycles. The summed E-state index contributed by atoms with van der Waals surface area (Å²) in [5.74, 6) is 0. The molecule has 5 heteroatoms. The van der Waals surface area contributed by atoms with E-state index in [1.54, 1.807) is 6.21 Å². The normalized spacial score (nSPS) is 12.1. The van der Waals surface area contributed by atoms with Crippen molar-refractivity contribution in [1.82, 2.24) is 0 Å². The Morgan fingerprint density at radius 3 is 2.64 bits per heavy atom. The van der Waals surface area contributed by atoms with Crippen LogP contribution in [0, 0.1) is 0 Å². The average molecular weight is 154 g/mol. The maximum Gasteiger partial charge on any atom is 0.509 e. The molecule has 60 valence electrons. The standard InChI is InChI=1S/C6H11BN2O2/c1-3-4-9-5-6(8-2)7(10)11/h4-5,10-11H,2-3H2,1H3/b6-5-,9-4?. The monoisotopic (exact) mass is 154 g/mol. The van der Waals surface area contributed by atoms with Crippen LogP contribution in [0.1, 0.15) is 13.3 Å². The van der Waals surface area contributed by atoms with E-state index in [0.29, 0.717) is 0 Å². The van der Waals surface area contributed by atoms with E-state index in [-0.39, 0.29) is 5.60 Å². The van der Waals surface area contributed by atoms with Gasteiger partial charge in [0.05, 0.1) is 5.60 Å². The van der Waals surface area contributed by atoms with Crippen LogP contribution in [0.5, 0.6) is 0 Å². The lowest BCUT2D eigenvalue weighted by atomic mass is 9.87. The first-order valence-electron chi connectivity index (χ1n) is 3.27. The summed E-state index contributed by atoms with van der Waals surface area (Å²) in [6, 6.07) is 0. The van der Waals surface area contributed by atoms with Gasteiger partial charge in [0.1, 0.15) is 0 Å². The predicted molar refractivity (Wildman–Crippen MR) is 46.6 cm³/mol. The van der Waals surface area contributed by atoms with Crippen LogP contribution in [-0.2, 0) is 0 Å². The first-order chi connectivity index (χ1) is 5.22. The lowest BCUT2D eigenvalue weighted by molar-refractivity contribution is 0.418. The van der Waals surface area contributed by atoms with Gasteiger partial charge in [-0.1, -0.05) is 6.92 Å². The summed E-state index contributed by atoms with van der Waals surface area (Å²) in [6.45, 7) is 5.07. The molecule has 0 aliphatic carbocycles. The van der Waals surface area contributed by atoms with E-state index in [0.717, 1.165) is 6.42 Å². The molecule has 0 aromatic heterocycles. The Morgan fingerprint density at radius 1 is 1.64 bits per heavy atom. The van der Waals surface area contributed by atoms with E-state index in [2.05, 4.69) is 16.7 Å². The highest BCUT2D eigenvalue weighted by Crippen LogP contribution is 1.96. The fourth-order valence-corrected chi connectivity index (χ4v) is 0.424. The Hall–Kier alpha value is -0.935. The van der Waals surface area contributed by atoms with Crippen LogP contribution in [0.2, 0.25) is 0 Å². The minimum absolute atomic E-state index is 0.0506. The van der Waals surface area contributed by atoms with Crippen molar-refractivity contribution < 1.29 is 10.0 Å². The predicted octanol–water partition coefficient (Wildman–Crippen LogP) is 0.0212. The molecule has 0 heterocycles. The molecule has 0 bridgehead atoms. The molecule has 0 amide bonds. The summed E-state index contributed by atoms with van der Waals surface area (Å²) in [6.07, 6.45) is 3.69. The molecule has 0 unspecified atom stereocenters. The van der Waals surface area contributed by atoms with Gasteiger partial charge in [0.2, 0.25) is 0 Å². The fourth-order valence-electron chi connectivity index (χ4n) is 0.424. The molecular weight excluding hydrogens is 143 g/mol. The van der Waals surface area contributed by atoms with Gasteiger partial charge in [-0.25, -0.2) is 0 Å². The van der Waals surface area contributed by atoms with Gasteiger partial charge in [-0.15, -0.1) is 0 Å². The van der Waals surface area contributed by atoms with Gasteiger partial charge in [-0.3, -0.25) is 9.98 Å². The number of nitrogens with zero attached hydrogens (tertiary/aromatic N) is 2. The topological polar surface area (TPSA) is 65.2 Å². The number of aliphatic imine (C=N–C) groups is 2. The van der Waals surface area contributed by atoms with Crippen molar-refractivity contribution in [1.29, 1.82) is 0 Å². The minimum Gasteiger partial charge on any atom is -0.422 e. The minimum atomic E-state index is -1.60. The van der Waals surface area contributed by atoms with Gasteiger partial charge in [-0.2, -0.15) is 0 Å². The van der Waals surface area contributed by atoms with E-state index >= 15 is 0 Å². The molecule has 11 heavy (non-hydrogen) atoms. The zero-order valence-corrected chi connectivity index (χ0v) is 6.44. The lowest BCUT2D eigenvalue weighted by Crippen LogP contribution is -2.13. The van der Waals surface area contributed by atoms with Gasteiger partial charge >= 0.3 is 7.12 Å². The van der Waals surface area contributed by atoms with Crippen LogP contribution in [0.15, 0.2) is 21.8 Å². The maximum atomic E-state index is 8.59. The van der Waals surface area contributed by atoms with Crippen LogP contribution in [0.3, 0.4) is 0 Å². The molecule has 4 nitrogen and oxygen atoms in total. The first kappa shape index (κ1) is 10.1. The van der Waals surface area contributed by atoms with E-state index in [4.69, 9.17) is 10.0 Å². The van der Waals surface area contributed by atoms with Crippen molar-refractivity contribution >= 4 is 20.1 Å². The van der Waals surface area contributed by atoms with E-state index < -0.39 is 7.12 Å². The number of hydrogen-bond acceptors (Lipinski definition) is 4. The molecule has 0 aromatic carbocycles. The second-order valence-corrected chi connectivity index (χ2v) is 1.83. The van der Waals surface area contributed by atoms with Gasteiger partial charge in [0.15, 0.2) is 0 Å². The molecule has 0 saturated carbocycles. The Kier molecular flexibility index (Phi) is 5.33. The highest BCUT2D eigenvalue weighted by Gasteiger charge is 2.11. The molecule has 0 radical (unpaired) electrons. The third kappa shape index (κ3) is 4.47. The Labute approximate surface area is 66.1 Å². The second kappa shape index (κ2) is 5.82. The molecule has 0 aliphatic rings. The van der Waals surface area contributed by atoms with Crippen LogP contribution in [-0.4, -0.2) is 30.1 Å². The van der Waals surface area contributed by atoms with Gasteiger partial charge in [-0.05, 0) is 13.1 Å². The van der Waals surface area contributed by atoms with Crippen LogP contribution in [0.25, 0.3) is 0 Å². The largest absolute Gasteiger partial charge is 0.509 e. The van der Waals surface area contributed by atoms with Crippen LogP contribution >= 0.6 is 0 Å². The van der Waals surface area contributed by atoms with Crippen molar-refractivity contribution in [2.45, 2.75) is 13.3 Å². The lowest BCUT2D eigenvalue weighted by Gasteiger charge is -1.93. The molecular formula is C6H11BN2O2. The average Bonchev–Trinajstić information content (AvgIpc) is 1.97. The Balaban J connectivity index is 4.12. The molecule has 0 spiro atoms. The summed E-state index contributed by atoms with van der Waals surface area (Å²) in [5.41, 5.74) is 0.0506. The summed E-state index contributed by atoms with van der Waals surface area (Å²) in [7, 11) is -1.60. The van der Waals surface area contributed by atoms with Crippen molar-refractivity contribution in [3.63, 3.8) is 0 Å². The molecule has 0 fully saturated rings. The summed E-state index contributed by atoms with van der Waals surface area (Å²) in [5, 5.41) is 17.2. The molecule has 0 aromatic rings. The second-order valence-electron chi connectivity index (χ2n) is 1.83. The number of rotatable bonds is 4. The summed E-state index contributed by atoms with van der Waals surface area (Å²) < 4.78 is 0. The SMILES string of the molecule is C=N/C(=C\N=CCC)B(O)O. The van der Waals surface area contributed by atoms with Gasteiger partial charge < -0.3 is 10.0 Å². The maximum absolute atomic E-state index is 8.59. The third-order valence-corrected chi connectivity index (χ3v) is 0.942. The molecule has 0 rings (SSSR count). The van der Waals surface area contributed by atoms with Gasteiger partial charge in [0, 0.05) is 12.4 Å². The molecule has 2 N–H and O–H groups in total. The summed E-state index contributed by atoms with van der Waals surface area (Å²) >= 11 is 0. The third-order valence-electron chi connectivity index (χ3n) is 0.942.